The molecular formula is C18H17ClFN3OS. The fourth-order valence-corrected chi connectivity index (χ4v) is 3.58. The zero-order valence-corrected chi connectivity index (χ0v) is 15.4. The first-order valence-electron chi connectivity index (χ1n) is 7.64. The van der Waals surface area contributed by atoms with Crippen molar-refractivity contribution in [1.29, 1.82) is 0 Å². The van der Waals surface area contributed by atoms with Crippen LogP contribution >= 0.6 is 23.4 Å². The molecule has 1 aromatic heterocycles. The maximum absolute atomic E-state index is 13.1. The third-order valence-corrected chi connectivity index (χ3v) is 5.24. The van der Waals surface area contributed by atoms with Crippen molar-refractivity contribution in [1.82, 2.24) is 14.8 Å². The third kappa shape index (κ3) is 4.32. The SMILES string of the molecule is COc1ccc(Cc2nnc(SCc3ccc(F)cc3Cl)n2C)cc1. The van der Waals surface area contributed by atoms with Crippen LogP contribution in [-0.2, 0) is 19.2 Å². The van der Waals surface area contributed by atoms with Gasteiger partial charge in [0.25, 0.3) is 0 Å². The van der Waals surface area contributed by atoms with Crippen molar-refractivity contribution in [2.75, 3.05) is 7.11 Å². The topological polar surface area (TPSA) is 39.9 Å². The highest BCUT2D eigenvalue weighted by molar-refractivity contribution is 7.98. The van der Waals surface area contributed by atoms with Crippen LogP contribution in [0.15, 0.2) is 47.6 Å². The lowest BCUT2D eigenvalue weighted by Crippen LogP contribution is -2.00. The average Bonchev–Trinajstić information content (AvgIpc) is 2.95. The second-order valence-corrected chi connectivity index (χ2v) is 6.86. The molecule has 7 heteroatoms. The molecule has 25 heavy (non-hydrogen) atoms. The van der Waals surface area contributed by atoms with Crippen molar-refractivity contribution in [3.05, 3.63) is 70.3 Å². The number of rotatable bonds is 6. The van der Waals surface area contributed by atoms with Gasteiger partial charge < -0.3 is 9.30 Å². The molecule has 1 heterocycles. The van der Waals surface area contributed by atoms with E-state index in [1.54, 1.807) is 13.2 Å². The number of thioether (sulfide) groups is 1. The quantitative estimate of drug-likeness (QED) is 0.593. The Labute approximate surface area is 155 Å². The summed E-state index contributed by atoms with van der Waals surface area (Å²) in [5.41, 5.74) is 2.00. The van der Waals surface area contributed by atoms with E-state index in [4.69, 9.17) is 16.3 Å². The number of halogens is 2. The summed E-state index contributed by atoms with van der Waals surface area (Å²) in [6.07, 6.45) is 0.686. The molecule has 0 spiro atoms. The van der Waals surface area contributed by atoms with Crippen molar-refractivity contribution < 1.29 is 9.13 Å². The minimum absolute atomic E-state index is 0.334. The fraction of sp³-hybridized carbons (Fsp3) is 0.222. The number of hydrogen-bond donors (Lipinski definition) is 0. The lowest BCUT2D eigenvalue weighted by molar-refractivity contribution is 0.414. The fourth-order valence-electron chi connectivity index (χ4n) is 2.33. The smallest absolute Gasteiger partial charge is 0.191 e. The molecule has 0 saturated heterocycles. The van der Waals surface area contributed by atoms with Gasteiger partial charge in [-0.15, -0.1) is 10.2 Å². The Morgan fingerprint density at radius 1 is 1.16 bits per heavy atom. The molecule has 2 aromatic carbocycles. The van der Waals surface area contributed by atoms with Crippen molar-refractivity contribution in [2.24, 2.45) is 7.05 Å². The number of ether oxygens (including phenoxy) is 1. The van der Waals surface area contributed by atoms with Gasteiger partial charge in [0.05, 0.1) is 7.11 Å². The number of methoxy groups -OCH3 is 1. The molecule has 0 bridgehead atoms. The van der Waals surface area contributed by atoms with E-state index in [9.17, 15) is 4.39 Å². The summed E-state index contributed by atoms with van der Waals surface area (Å²) in [6.45, 7) is 0. The number of nitrogens with zero attached hydrogens (tertiary/aromatic N) is 3. The highest BCUT2D eigenvalue weighted by Crippen LogP contribution is 2.26. The molecule has 4 nitrogen and oxygen atoms in total. The van der Waals surface area contributed by atoms with E-state index in [-0.39, 0.29) is 5.82 Å². The summed E-state index contributed by atoms with van der Waals surface area (Å²) in [5.74, 6) is 1.97. The van der Waals surface area contributed by atoms with Crippen LogP contribution < -0.4 is 4.74 Å². The minimum atomic E-state index is -0.334. The molecule has 0 saturated carbocycles. The van der Waals surface area contributed by atoms with Crippen molar-refractivity contribution in [3.63, 3.8) is 0 Å². The van der Waals surface area contributed by atoms with Crippen LogP contribution in [-0.4, -0.2) is 21.9 Å². The van der Waals surface area contributed by atoms with Crippen LogP contribution in [0.4, 0.5) is 4.39 Å². The van der Waals surface area contributed by atoms with Crippen molar-refractivity contribution in [3.8, 4) is 5.75 Å². The zero-order chi connectivity index (χ0) is 17.8. The lowest BCUT2D eigenvalue weighted by Gasteiger charge is -2.06. The summed E-state index contributed by atoms with van der Waals surface area (Å²) in [6, 6.07) is 12.3. The van der Waals surface area contributed by atoms with Crippen LogP contribution in [0.2, 0.25) is 5.02 Å². The number of benzene rings is 2. The molecule has 0 aliphatic rings. The summed E-state index contributed by atoms with van der Waals surface area (Å²) in [4.78, 5) is 0. The monoisotopic (exact) mass is 377 g/mol. The van der Waals surface area contributed by atoms with Gasteiger partial charge in [-0.05, 0) is 35.4 Å². The van der Waals surface area contributed by atoms with Crippen molar-refractivity contribution in [2.45, 2.75) is 17.3 Å². The summed E-state index contributed by atoms with van der Waals surface area (Å²) >= 11 is 7.59. The third-order valence-electron chi connectivity index (χ3n) is 3.82. The molecule has 130 valence electrons. The number of hydrogen-bond acceptors (Lipinski definition) is 4. The van der Waals surface area contributed by atoms with Crippen molar-refractivity contribution >= 4 is 23.4 Å². The minimum Gasteiger partial charge on any atom is -0.497 e. The van der Waals surface area contributed by atoms with Crippen LogP contribution in [0, 0.1) is 5.82 Å². The second-order valence-electron chi connectivity index (χ2n) is 5.51. The first-order valence-corrected chi connectivity index (χ1v) is 9.01. The van der Waals surface area contributed by atoms with E-state index in [1.165, 1.54) is 23.9 Å². The van der Waals surface area contributed by atoms with E-state index >= 15 is 0 Å². The molecule has 3 rings (SSSR count). The summed E-state index contributed by atoms with van der Waals surface area (Å²) < 4.78 is 20.2. The van der Waals surface area contributed by atoms with Gasteiger partial charge in [-0.25, -0.2) is 4.39 Å². The van der Waals surface area contributed by atoms with Gasteiger partial charge in [-0.2, -0.15) is 0 Å². The van der Waals surface area contributed by atoms with Gasteiger partial charge in [-0.3, -0.25) is 0 Å². The van der Waals surface area contributed by atoms with Gasteiger partial charge in [0.15, 0.2) is 5.16 Å². The lowest BCUT2D eigenvalue weighted by atomic mass is 10.1. The van der Waals surface area contributed by atoms with Gasteiger partial charge in [0, 0.05) is 24.2 Å². The first kappa shape index (κ1) is 17.8. The van der Waals surface area contributed by atoms with Gasteiger partial charge in [-0.1, -0.05) is 41.6 Å². The molecule has 0 aliphatic carbocycles. The van der Waals surface area contributed by atoms with E-state index in [2.05, 4.69) is 10.2 Å². The standard InChI is InChI=1S/C18H17ClFN3OS/c1-23-17(9-12-3-7-15(24-2)8-4-12)21-22-18(23)25-11-13-5-6-14(20)10-16(13)19/h3-8,10H,9,11H2,1-2H3. The van der Waals surface area contributed by atoms with Crippen LogP contribution in [0.3, 0.4) is 0 Å². The highest BCUT2D eigenvalue weighted by Gasteiger charge is 2.11. The zero-order valence-electron chi connectivity index (χ0n) is 13.9. The molecule has 0 unspecified atom stereocenters. The van der Waals surface area contributed by atoms with Gasteiger partial charge in [0.1, 0.15) is 17.4 Å². The van der Waals surface area contributed by atoms with Gasteiger partial charge in [0.2, 0.25) is 0 Å². The Balaban J connectivity index is 1.68. The maximum atomic E-state index is 13.1. The molecular weight excluding hydrogens is 361 g/mol. The maximum Gasteiger partial charge on any atom is 0.191 e. The van der Waals surface area contributed by atoms with E-state index in [0.717, 1.165) is 27.9 Å². The Morgan fingerprint density at radius 2 is 1.92 bits per heavy atom. The van der Waals surface area contributed by atoms with Crippen LogP contribution in [0.1, 0.15) is 17.0 Å². The Bertz CT molecular complexity index is 867. The predicted molar refractivity (Wildman–Crippen MR) is 97.8 cm³/mol. The molecule has 0 atom stereocenters. The van der Waals surface area contributed by atoms with Crippen LogP contribution in [0.25, 0.3) is 0 Å². The molecule has 0 amide bonds. The van der Waals surface area contributed by atoms with E-state index in [0.29, 0.717) is 17.2 Å². The van der Waals surface area contributed by atoms with Gasteiger partial charge >= 0.3 is 0 Å². The molecule has 0 N–H and O–H groups in total. The Morgan fingerprint density at radius 3 is 2.60 bits per heavy atom. The van der Waals surface area contributed by atoms with E-state index in [1.807, 2.05) is 35.9 Å². The number of aromatic nitrogens is 3. The highest BCUT2D eigenvalue weighted by atomic mass is 35.5. The van der Waals surface area contributed by atoms with Crippen LogP contribution in [0.5, 0.6) is 5.75 Å². The second kappa shape index (κ2) is 7.89. The normalized spacial score (nSPS) is 10.9. The molecule has 3 aromatic rings. The molecule has 0 fully saturated rings. The Hall–Kier alpha value is -2.05. The largest absolute Gasteiger partial charge is 0.497 e. The summed E-state index contributed by atoms with van der Waals surface area (Å²) in [7, 11) is 3.59. The predicted octanol–water partition coefficient (Wildman–Crippen LogP) is 4.50. The molecule has 0 aliphatic heterocycles. The first-order chi connectivity index (χ1) is 12.1. The summed E-state index contributed by atoms with van der Waals surface area (Å²) in [5, 5.41) is 9.73. The molecule has 0 radical (unpaired) electrons. The average molecular weight is 378 g/mol. The van der Waals surface area contributed by atoms with E-state index < -0.39 is 0 Å². The Kier molecular flexibility index (Phi) is 5.60.